The van der Waals surface area contributed by atoms with Crippen LogP contribution in [-0.2, 0) is 0 Å². The lowest BCUT2D eigenvalue weighted by molar-refractivity contribution is 0.0937. The third-order valence-electron chi connectivity index (χ3n) is 3.81. The summed E-state index contributed by atoms with van der Waals surface area (Å²) >= 11 is 0. The third kappa shape index (κ3) is 2.79. The summed E-state index contributed by atoms with van der Waals surface area (Å²) in [4.78, 5) is 16.9. The van der Waals surface area contributed by atoms with Gasteiger partial charge in [-0.1, -0.05) is 32.1 Å². The van der Waals surface area contributed by atoms with E-state index in [1.54, 1.807) is 17.1 Å². The van der Waals surface area contributed by atoms with Crippen molar-refractivity contribution in [3.63, 3.8) is 0 Å². The predicted molar refractivity (Wildman–Crippen MR) is 85.1 cm³/mol. The van der Waals surface area contributed by atoms with Gasteiger partial charge >= 0.3 is 0 Å². The molecule has 0 aliphatic heterocycles. The average molecular weight is 296 g/mol. The molecule has 0 bridgehead atoms. The molecule has 0 aromatic carbocycles. The average Bonchev–Trinajstić information content (AvgIpc) is 3.16. The molecule has 0 saturated carbocycles. The summed E-state index contributed by atoms with van der Waals surface area (Å²) in [5.41, 5.74) is 1.52. The minimum absolute atomic E-state index is 0.0559. The number of hydrogen-bond donors (Lipinski definition) is 1. The molecule has 22 heavy (non-hydrogen) atoms. The third-order valence-corrected chi connectivity index (χ3v) is 3.81. The molecule has 2 heterocycles. The molecule has 2 aromatic heterocycles. The van der Waals surface area contributed by atoms with Crippen LogP contribution in [-0.4, -0.2) is 26.7 Å². The molecule has 0 fully saturated rings. The van der Waals surface area contributed by atoms with Gasteiger partial charge in [-0.15, -0.1) is 0 Å². The molecule has 0 spiro atoms. The number of rotatable bonds is 4. The van der Waals surface area contributed by atoms with Gasteiger partial charge < -0.3 is 5.32 Å². The van der Waals surface area contributed by atoms with Crippen LogP contribution in [0.2, 0.25) is 0 Å². The highest BCUT2D eigenvalue weighted by Crippen LogP contribution is 2.22. The number of nitrogens with one attached hydrogen (secondary N) is 1. The summed E-state index contributed by atoms with van der Waals surface area (Å²) in [6, 6.07) is 5.87. The van der Waals surface area contributed by atoms with E-state index in [0.717, 1.165) is 24.4 Å². The summed E-state index contributed by atoms with van der Waals surface area (Å²) in [6.07, 6.45) is 9.37. The smallest absolute Gasteiger partial charge is 0.255 e. The maximum atomic E-state index is 12.6. The molecular formula is C17H20N4O. The molecule has 0 saturated heterocycles. The molecule has 1 aliphatic carbocycles. The van der Waals surface area contributed by atoms with E-state index in [0.29, 0.717) is 5.56 Å². The van der Waals surface area contributed by atoms with Crippen LogP contribution in [0.25, 0.3) is 5.82 Å². The van der Waals surface area contributed by atoms with E-state index in [2.05, 4.69) is 41.4 Å². The first-order valence-corrected chi connectivity index (χ1v) is 7.62. The van der Waals surface area contributed by atoms with Crippen LogP contribution in [0.15, 0.2) is 42.7 Å². The molecule has 0 atom stereocenters. The Kier molecular flexibility index (Phi) is 4.04. The van der Waals surface area contributed by atoms with E-state index in [9.17, 15) is 4.79 Å². The topological polar surface area (TPSA) is 59.8 Å². The van der Waals surface area contributed by atoms with Gasteiger partial charge in [0.25, 0.3) is 5.91 Å². The van der Waals surface area contributed by atoms with Gasteiger partial charge in [0.05, 0.1) is 17.5 Å². The molecular weight excluding hydrogens is 276 g/mol. The Morgan fingerprint density at radius 1 is 1.32 bits per heavy atom. The second-order valence-electron chi connectivity index (χ2n) is 5.81. The van der Waals surface area contributed by atoms with Gasteiger partial charge in [0, 0.05) is 12.2 Å². The highest BCUT2D eigenvalue weighted by atomic mass is 16.1. The van der Waals surface area contributed by atoms with Crippen molar-refractivity contribution in [2.24, 2.45) is 0 Å². The Hall–Kier alpha value is -2.43. The number of nitrogens with zero attached hydrogens (tertiary/aromatic N) is 3. The van der Waals surface area contributed by atoms with Gasteiger partial charge in [-0.2, -0.15) is 5.10 Å². The maximum Gasteiger partial charge on any atom is 0.255 e. The van der Waals surface area contributed by atoms with Crippen LogP contribution in [0.3, 0.4) is 0 Å². The van der Waals surface area contributed by atoms with Crippen LogP contribution in [0.1, 0.15) is 48.7 Å². The molecule has 3 rings (SSSR count). The largest absolute Gasteiger partial charge is 0.349 e. The van der Waals surface area contributed by atoms with Crippen molar-refractivity contribution < 1.29 is 4.79 Å². The summed E-state index contributed by atoms with van der Waals surface area (Å²) in [6.45, 7) is 4.12. The summed E-state index contributed by atoms with van der Waals surface area (Å²) in [5, 5.41) is 7.46. The molecule has 114 valence electrons. The SMILES string of the molecule is CC(C)c1c(C(=O)NC2CC=CC2)cnn1-c1ccccn1. The standard InChI is InChI=1S/C17H20N4O/c1-12(2)16-14(17(22)20-13-7-3-4-8-13)11-19-21(16)15-9-5-6-10-18-15/h3-6,9-13H,7-8H2,1-2H3,(H,20,22). The Balaban J connectivity index is 1.91. The number of carbonyl (C=O) groups excluding carboxylic acids is 1. The summed E-state index contributed by atoms with van der Waals surface area (Å²) in [5.74, 6) is 0.847. The van der Waals surface area contributed by atoms with E-state index < -0.39 is 0 Å². The zero-order chi connectivity index (χ0) is 15.5. The van der Waals surface area contributed by atoms with E-state index in [4.69, 9.17) is 0 Å². The van der Waals surface area contributed by atoms with Crippen LogP contribution >= 0.6 is 0 Å². The first-order valence-electron chi connectivity index (χ1n) is 7.62. The van der Waals surface area contributed by atoms with Gasteiger partial charge in [-0.25, -0.2) is 9.67 Å². The monoisotopic (exact) mass is 296 g/mol. The van der Waals surface area contributed by atoms with E-state index >= 15 is 0 Å². The summed E-state index contributed by atoms with van der Waals surface area (Å²) in [7, 11) is 0. The lowest BCUT2D eigenvalue weighted by Gasteiger charge is -2.14. The normalized spacial score (nSPS) is 14.7. The fraction of sp³-hybridized carbons (Fsp3) is 0.353. The minimum Gasteiger partial charge on any atom is -0.349 e. The minimum atomic E-state index is -0.0559. The Morgan fingerprint density at radius 3 is 2.73 bits per heavy atom. The molecule has 1 amide bonds. The zero-order valence-electron chi connectivity index (χ0n) is 12.9. The van der Waals surface area contributed by atoms with Crippen molar-refractivity contribution in [3.05, 3.63) is 54.0 Å². The van der Waals surface area contributed by atoms with Gasteiger partial charge in [0.2, 0.25) is 0 Å². The van der Waals surface area contributed by atoms with Crippen molar-refractivity contribution in [2.45, 2.75) is 38.6 Å². The van der Waals surface area contributed by atoms with Crippen molar-refractivity contribution in [3.8, 4) is 5.82 Å². The highest BCUT2D eigenvalue weighted by molar-refractivity contribution is 5.95. The van der Waals surface area contributed by atoms with E-state index in [-0.39, 0.29) is 17.9 Å². The number of hydrogen-bond acceptors (Lipinski definition) is 3. The second-order valence-corrected chi connectivity index (χ2v) is 5.81. The quantitative estimate of drug-likeness (QED) is 0.883. The van der Waals surface area contributed by atoms with E-state index in [1.807, 2.05) is 18.2 Å². The molecule has 0 unspecified atom stereocenters. The van der Waals surface area contributed by atoms with Gasteiger partial charge in [-0.3, -0.25) is 4.79 Å². The van der Waals surface area contributed by atoms with Crippen LogP contribution in [0.4, 0.5) is 0 Å². The van der Waals surface area contributed by atoms with Crippen LogP contribution in [0.5, 0.6) is 0 Å². The van der Waals surface area contributed by atoms with Gasteiger partial charge in [-0.05, 0) is 30.9 Å². The summed E-state index contributed by atoms with van der Waals surface area (Å²) < 4.78 is 1.76. The fourth-order valence-corrected chi connectivity index (χ4v) is 2.75. The number of pyridine rings is 1. The zero-order valence-corrected chi connectivity index (χ0v) is 12.9. The Bertz CT molecular complexity index is 680. The number of carbonyl (C=O) groups is 1. The lowest BCUT2D eigenvalue weighted by atomic mass is 10.0. The second kappa shape index (κ2) is 6.13. The Labute approximate surface area is 130 Å². The highest BCUT2D eigenvalue weighted by Gasteiger charge is 2.23. The van der Waals surface area contributed by atoms with Crippen LogP contribution < -0.4 is 5.32 Å². The van der Waals surface area contributed by atoms with Crippen molar-refractivity contribution >= 4 is 5.91 Å². The van der Waals surface area contributed by atoms with Crippen molar-refractivity contribution in [1.29, 1.82) is 0 Å². The molecule has 5 heteroatoms. The molecule has 5 nitrogen and oxygen atoms in total. The predicted octanol–water partition coefficient (Wildman–Crippen LogP) is 2.84. The molecule has 1 N–H and O–H groups in total. The molecule has 2 aromatic rings. The van der Waals surface area contributed by atoms with Gasteiger partial charge in [0.15, 0.2) is 5.82 Å². The van der Waals surface area contributed by atoms with Gasteiger partial charge in [0.1, 0.15) is 0 Å². The number of amides is 1. The fourth-order valence-electron chi connectivity index (χ4n) is 2.75. The maximum absolute atomic E-state index is 12.6. The first kappa shape index (κ1) is 14.5. The molecule has 0 radical (unpaired) electrons. The Morgan fingerprint density at radius 2 is 2.09 bits per heavy atom. The number of aromatic nitrogens is 3. The molecule has 1 aliphatic rings. The van der Waals surface area contributed by atoms with E-state index in [1.165, 1.54) is 0 Å². The van der Waals surface area contributed by atoms with Crippen molar-refractivity contribution in [2.75, 3.05) is 0 Å². The van der Waals surface area contributed by atoms with Crippen molar-refractivity contribution in [1.82, 2.24) is 20.1 Å². The lowest BCUT2D eigenvalue weighted by Crippen LogP contribution is -2.33. The first-order chi connectivity index (χ1) is 10.7. The van der Waals surface area contributed by atoms with Crippen LogP contribution in [0, 0.1) is 0 Å².